The predicted molar refractivity (Wildman–Crippen MR) is 43.6 cm³/mol. The van der Waals surface area contributed by atoms with Crippen LogP contribution in [-0.4, -0.2) is 0 Å². The molecule has 0 saturated carbocycles. The summed E-state index contributed by atoms with van der Waals surface area (Å²) in [5, 5.41) is 5.63. The molecule has 0 fully saturated rings. The molecule has 3 heteroatoms. The van der Waals surface area contributed by atoms with Gasteiger partial charge in [0.05, 0.1) is 8.02 Å². The maximum absolute atomic E-state index is 4.12. The zero-order chi connectivity index (χ0) is 6.53. The van der Waals surface area contributed by atoms with E-state index in [0.717, 1.165) is 0 Å². The molecule has 0 aromatic heterocycles. The van der Waals surface area contributed by atoms with Gasteiger partial charge in [0.2, 0.25) is 0 Å². The molecule has 1 heterocycles. The number of unbranched alkanes of at least 4 members (excludes halogenated alkanes) is 1. The van der Waals surface area contributed by atoms with Crippen molar-refractivity contribution in [2.45, 2.75) is 26.2 Å². The van der Waals surface area contributed by atoms with Gasteiger partial charge in [-0.3, -0.25) is 0 Å². The van der Waals surface area contributed by atoms with Gasteiger partial charge in [0.1, 0.15) is 0 Å². The van der Waals surface area contributed by atoms with Crippen molar-refractivity contribution in [3.63, 3.8) is 0 Å². The molecule has 1 nitrogen and oxygen atoms in total. The standard InChI is InChI=1S/C6H10NP2/c1-2-3-4-6-5-7-9-8-6/h5H,2-4H2,1H3. The summed E-state index contributed by atoms with van der Waals surface area (Å²) in [4.78, 5) is 0. The summed E-state index contributed by atoms with van der Waals surface area (Å²) < 4.78 is 0. The quantitative estimate of drug-likeness (QED) is 0.559. The normalized spacial score (nSPS) is 19.0. The van der Waals surface area contributed by atoms with Crippen LogP contribution in [0.25, 0.3) is 0 Å². The lowest BCUT2D eigenvalue weighted by atomic mass is 10.2. The highest BCUT2D eigenvalue weighted by molar-refractivity contribution is 7.85. The number of nitrogens with zero attached hydrogens (tertiary/aromatic N) is 1. The molecule has 0 amide bonds. The Morgan fingerprint density at radius 1 is 1.67 bits per heavy atom. The van der Waals surface area contributed by atoms with Gasteiger partial charge >= 0.3 is 0 Å². The highest BCUT2D eigenvalue weighted by atomic mass is 31.7. The first kappa shape index (κ1) is 7.25. The molecular formula is C6H10NP2. The molecule has 1 aliphatic heterocycles. The third kappa shape index (κ3) is 2.47. The Balaban J connectivity index is 2.19. The second kappa shape index (κ2) is 4.04. The van der Waals surface area contributed by atoms with Crippen molar-refractivity contribution in [2.24, 2.45) is 0 Å². The van der Waals surface area contributed by atoms with Gasteiger partial charge < -0.3 is 0 Å². The van der Waals surface area contributed by atoms with Crippen molar-refractivity contribution in [3.8, 4) is 0 Å². The Bertz CT molecular complexity index is 140. The van der Waals surface area contributed by atoms with Crippen molar-refractivity contribution in [1.29, 1.82) is 0 Å². The average Bonchev–Trinajstić information content (AvgIpc) is 2.34. The van der Waals surface area contributed by atoms with Crippen molar-refractivity contribution >= 4 is 15.9 Å². The summed E-state index contributed by atoms with van der Waals surface area (Å²) >= 11 is 0. The Labute approximate surface area is 59.4 Å². The Kier molecular flexibility index (Phi) is 3.25. The fourth-order valence-corrected chi connectivity index (χ4v) is 2.60. The van der Waals surface area contributed by atoms with Gasteiger partial charge in [-0.1, -0.05) is 13.3 Å². The summed E-state index contributed by atoms with van der Waals surface area (Å²) in [5.74, 6) is 0. The summed E-state index contributed by atoms with van der Waals surface area (Å²) in [6.07, 6.45) is 5.90. The molecule has 0 aromatic carbocycles. The number of hydrogen-bond acceptors (Lipinski definition) is 0. The molecule has 1 aliphatic rings. The molecule has 9 heavy (non-hydrogen) atoms. The first-order chi connectivity index (χ1) is 4.43. The van der Waals surface area contributed by atoms with E-state index in [1.54, 1.807) is 0 Å². The molecular weight excluding hydrogens is 148 g/mol. The molecule has 0 saturated heterocycles. The molecule has 0 aliphatic carbocycles. The molecule has 49 valence electrons. The lowest BCUT2D eigenvalue weighted by Crippen LogP contribution is -1.74. The Morgan fingerprint density at radius 3 is 3.11 bits per heavy atom. The number of hydrogen-bond donors (Lipinski definition) is 0. The highest BCUT2D eigenvalue weighted by Crippen LogP contribution is 2.33. The lowest BCUT2D eigenvalue weighted by molar-refractivity contribution is 0.807. The van der Waals surface area contributed by atoms with Crippen LogP contribution in [0.5, 0.6) is 0 Å². The van der Waals surface area contributed by atoms with Gasteiger partial charge in [0.15, 0.2) is 0 Å². The lowest BCUT2D eigenvalue weighted by Gasteiger charge is -1.91. The smallest absolute Gasteiger partial charge is 0.0696 e. The molecule has 0 atom stereocenters. The van der Waals surface area contributed by atoms with Gasteiger partial charge in [-0.25, -0.2) is 5.09 Å². The van der Waals surface area contributed by atoms with Crippen molar-refractivity contribution in [2.75, 3.05) is 0 Å². The summed E-state index contributed by atoms with van der Waals surface area (Å²) in [5.41, 5.74) is 0. The highest BCUT2D eigenvalue weighted by Gasteiger charge is 1.97. The van der Waals surface area contributed by atoms with E-state index in [2.05, 4.69) is 12.0 Å². The van der Waals surface area contributed by atoms with Gasteiger partial charge in [0.25, 0.3) is 0 Å². The van der Waals surface area contributed by atoms with Crippen LogP contribution < -0.4 is 5.09 Å². The topological polar surface area (TPSA) is 14.1 Å². The maximum Gasteiger partial charge on any atom is 0.0696 e. The van der Waals surface area contributed by atoms with E-state index < -0.39 is 0 Å². The van der Waals surface area contributed by atoms with Crippen molar-refractivity contribution < 1.29 is 0 Å². The molecule has 0 unspecified atom stereocenters. The Morgan fingerprint density at radius 2 is 2.56 bits per heavy atom. The summed E-state index contributed by atoms with van der Waals surface area (Å²) in [6.45, 7) is 2.22. The van der Waals surface area contributed by atoms with E-state index in [1.807, 2.05) is 6.20 Å². The van der Waals surface area contributed by atoms with Gasteiger partial charge in [-0.15, -0.1) is 0 Å². The zero-order valence-corrected chi connectivity index (χ0v) is 7.33. The van der Waals surface area contributed by atoms with Crippen molar-refractivity contribution in [1.82, 2.24) is 5.09 Å². The van der Waals surface area contributed by atoms with Gasteiger partial charge in [-0.05, 0) is 20.7 Å². The molecule has 0 spiro atoms. The van der Waals surface area contributed by atoms with E-state index in [4.69, 9.17) is 0 Å². The number of allylic oxidation sites excluding steroid dienone is 1. The third-order valence-electron chi connectivity index (χ3n) is 1.22. The van der Waals surface area contributed by atoms with E-state index in [9.17, 15) is 0 Å². The van der Waals surface area contributed by atoms with Crippen LogP contribution >= 0.6 is 15.9 Å². The van der Waals surface area contributed by atoms with E-state index in [1.165, 1.54) is 40.5 Å². The number of rotatable bonds is 3. The fraction of sp³-hybridized carbons (Fsp3) is 0.667. The van der Waals surface area contributed by atoms with Crippen LogP contribution in [0.4, 0.5) is 0 Å². The summed E-state index contributed by atoms with van der Waals surface area (Å²) in [7, 11) is 2.63. The minimum atomic E-state index is 1.22. The maximum atomic E-state index is 4.12. The molecule has 0 aromatic rings. The van der Waals surface area contributed by atoms with Crippen LogP contribution in [0, 0.1) is 0 Å². The van der Waals surface area contributed by atoms with Crippen LogP contribution in [0.15, 0.2) is 11.5 Å². The second-order valence-electron chi connectivity index (χ2n) is 2.03. The van der Waals surface area contributed by atoms with Crippen LogP contribution in [-0.2, 0) is 0 Å². The first-order valence-corrected chi connectivity index (χ1v) is 5.68. The minimum absolute atomic E-state index is 1.22. The predicted octanol–water partition coefficient (Wildman–Crippen LogP) is 3.36. The van der Waals surface area contributed by atoms with Gasteiger partial charge in [-0.2, -0.15) is 0 Å². The monoisotopic (exact) mass is 158 g/mol. The zero-order valence-electron chi connectivity index (χ0n) is 5.54. The van der Waals surface area contributed by atoms with E-state index >= 15 is 0 Å². The Hall–Kier alpha value is 0.140. The van der Waals surface area contributed by atoms with Gasteiger partial charge in [0, 0.05) is 11.5 Å². The molecule has 1 radical (unpaired) electrons. The van der Waals surface area contributed by atoms with Crippen LogP contribution in [0.3, 0.4) is 0 Å². The van der Waals surface area contributed by atoms with Crippen LogP contribution in [0.2, 0.25) is 0 Å². The SMILES string of the molecule is CCCCC1=C[N]P=P1. The molecule has 0 bridgehead atoms. The second-order valence-corrected chi connectivity index (χ2v) is 4.35. The third-order valence-corrected chi connectivity index (χ3v) is 3.47. The average molecular weight is 158 g/mol. The minimum Gasteiger partial charge on any atom is -0.230 e. The molecule has 0 N–H and O–H groups in total. The molecule has 1 rings (SSSR count). The largest absolute Gasteiger partial charge is 0.230 e. The van der Waals surface area contributed by atoms with E-state index in [-0.39, 0.29) is 0 Å². The summed E-state index contributed by atoms with van der Waals surface area (Å²) in [6, 6.07) is 0. The van der Waals surface area contributed by atoms with E-state index in [0.29, 0.717) is 0 Å². The fourth-order valence-electron chi connectivity index (χ4n) is 0.674. The van der Waals surface area contributed by atoms with Crippen LogP contribution in [0.1, 0.15) is 26.2 Å². The first-order valence-electron chi connectivity index (χ1n) is 3.23. The van der Waals surface area contributed by atoms with Crippen molar-refractivity contribution in [3.05, 3.63) is 11.5 Å².